The summed E-state index contributed by atoms with van der Waals surface area (Å²) in [6, 6.07) is 5.73. The van der Waals surface area contributed by atoms with Gasteiger partial charge in [-0.25, -0.2) is 4.98 Å². The van der Waals surface area contributed by atoms with Crippen LogP contribution in [0, 0.1) is 6.92 Å². The van der Waals surface area contributed by atoms with E-state index in [0.717, 1.165) is 16.9 Å². The van der Waals surface area contributed by atoms with Crippen LogP contribution in [0.25, 0.3) is 0 Å². The van der Waals surface area contributed by atoms with Gasteiger partial charge in [-0.05, 0) is 24.6 Å². The highest BCUT2D eigenvalue weighted by Gasteiger charge is 2.20. The van der Waals surface area contributed by atoms with Crippen molar-refractivity contribution in [1.82, 2.24) is 9.97 Å². The molecule has 1 aliphatic heterocycles. The van der Waals surface area contributed by atoms with Gasteiger partial charge in [0, 0.05) is 6.20 Å². The molecule has 0 aliphatic carbocycles. The van der Waals surface area contributed by atoms with Crippen molar-refractivity contribution in [1.29, 1.82) is 0 Å². The van der Waals surface area contributed by atoms with E-state index in [2.05, 4.69) is 20.6 Å². The smallest absolute Gasteiger partial charge is 0.261 e. The molecular formula is C12H11N5O. The van der Waals surface area contributed by atoms with Crippen molar-refractivity contribution in [3.63, 3.8) is 0 Å². The van der Waals surface area contributed by atoms with Crippen LogP contribution in [0.1, 0.15) is 15.9 Å². The third-order valence-electron chi connectivity index (χ3n) is 2.73. The first-order chi connectivity index (χ1) is 8.63. The van der Waals surface area contributed by atoms with Crippen molar-refractivity contribution in [3.05, 3.63) is 35.5 Å². The van der Waals surface area contributed by atoms with Crippen LogP contribution in [-0.2, 0) is 0 Å². The number of nitrogens with one attached hydrogen (secondary N) is 2. The Hall–Kier alpha value is -2.63. The maximum absolute atomic E-state index is 12.0. The number of carbonyl (C=O) groups excluding carboxylic acids is 1. The van der Waals surface area contributed by atoms with E-state index in [4.69, 9.17) is 5.73 Å². The number of benzene rings is 1. The van der Waals surface area contributed by atoms with Crippen molar-refractivity contribution in [2.75, 3.05) is 16.4 Å². The lowest BCUT2D eigenvalue weighted by molar-refractivity contribution is 0.102. The predicted octanol–water partition coefficient (Wildman–Crippen LogP) is 1.68. The molecule has 3 rings (SSSR count). The molecule has 1 aromatic carbocycles. The van der Waals surface area contributed by atoms with E-state index in [1.54, 1.807) is 0 Å². The van der Waals surface area contributed by atoms with E-state index in [0.29, 0.717) is 11.4 Å². The fraction of sp³-hybridized carbons (Fsp3) is 0.0833. The lowest BCUT2D eigenvalue weighted by Gasteiger charge is -2.08. The van der Waals surface area contributed by atoms with Gasteiger partial charge >= 0.3 is 0 Å². The Morgan fingerprint density at radius 1 is 1.22 bits per heavy atom. The molecule has 18 heavy (non-hydrogen) atoms. The van der Waals surface area contributed by atoms with Crippen molar-refractivity contribution in [2.24, 2.45) is 0 Å². The van der Waals surface area contributed by atoms with Gasteiger partial charge in [0.15, 0.2) is 0 Å². The summed E-state index contributed by atoms with van der Waals surface area (Å²) in [6.07, 6.45) is 1.42. The number of anilines is 4. The Morgan fingerprint density at radius 3 is 2.89 bits per heavy atom. The first-order valence-corrected chi connectivity index (χ1v) is 5.45. The zero-order chi connectivity index (χ0) is 12.7. The van der Waals surface area contributed by atoms with Gasteiger partial charge in [-0.1, -0.05) is 6.07 Å². The number of nitrogens with zero attached hydrogens (tertiary/aromatic N) is 2. The van der Waals surface area contributed by atoms with Gasteiger partial charge < -0.3 is 16.4 Å². The van der Waals surface area contributed by atoms with Crippen LogP contribution in [0.3, 0.4) is 0 Å². The molecular weight excluding hydrogens is 230 g/mol. The molecule has 4 N–H and O–H groups in total. The molecule has 0 saturated carbocycles. The van der Waals surface area contributed by atoms with Crippen molar-refractivity contribution in [3.8, 4) is 0 Å². The van der Waals surface area contributed by atoms with Gasteiger partial charge in [-0.15, -0.1) is 0 Å². The second-order valence-corrected chi connectivity index (χ2v) is 4.12. The highest BCUT2D eigenvalue weighted by Crippen LogP contribution is 2.31. The molecule has 6 heteroatoms. The first kappa shape index (κ1) is 10.5. The van der Waals surface area contributed by atoms with E-state index in [1.807, 2.05) is 25.1 Å². The monoisotopic (exact) mass is 241 g/mol. The Morgan fingerprint density at radius 2 is 2.06 bits per heavy atom. The van der Waals surface area contributed by atoms with Crippen LogP contribution >= 0.6 is 0 Å². The van der Waals surface area contributed by atoms with Gasteiger partial charge in [0.25, 0.3) is 5.91 Å². The molecule has 0 unspecified atom stereocenters. The molecule has 1 aliphatic rings. The second-order valence-electron chi connectivity index (χ2n) is 4.12. The van der Waals surface area contributed by atoms with Gasteiger partial charge in [0.05, 0.1) is 11.4 Å². The zero-order valence-corrected chi connectivity index (χ0v) is 9.69. The normalized spacial score (nSPS) is 12.8. The third kappa shape index (κ3) is 1.64. The van der Waals surface area contributed by atoms with Crippen molar-refractivity contribution >= 4 is 29.0 Å². The lowest BCUT2D eigenvalue weighted by Crippen LogP contribution is -2.12. The number of aryl methyl sites for hydroxylation is 1. The quantitative estimate of drug-likeness (QED) is 0.652. The number of hydrogen-bond donors (Lipinski definition) is 3. The highest BCUT2D eigenvalue weighted by atomic mass is 16.1. The SMILES string of the molecule is Cc1ccc2c(c1)NC(=O)c1cnc(N)nc1N2. The lowest BCUT2D eigenvalue weighted by atomic mass is 10.2. The molecule has 0 saturated heterocycles. The van der Waals surface area contributed by atoms with Crippen LogP contribution in [-0.4, -0.2) is 15.9 Å². The third-order valence-corrected chi connectivity index (χ3v) is 2.73. The number of amides is 1. The van der Waals surface area contributed by atoms with Crippen LogP contribution in [0.15, 0.2) is 24.4 Å². The summed E-state index contributed by atoms with van der Waals surface area (Å²) in [5.74, 6) is 0.300. The van der Waals surface area contributed by atoms with E-state index < -0.39 is 0 Å². The minimum atomic E-state index is -0.248. The topological polar surface area (TPSA) is 92.9 Å². The first-order valence-electron chi connectivity index (χ1n) is 5.45. The summed E-state index contributed by atoms with van der Waals surface area (Å²) >= 11 is 0. The fourth-order valence-electron chi connectivity index (χ4n) is 1.84. The molecule has 0 spiro atoms. The zero-order valence-electron chi connectivity index (χ0n) is 9.69. The summed E-state index contributed by atoms with van der Waals surface area (Å²) < 4.78 is 0. The number of nitrogens with two attached hydrogens (primary N) is 1. The van der Waals surface area contributed by atoms with E-state index in [1.165, 1.54) is 6.20 Å². The number of rotatable bonds is 0. The van der Waals surface area contributed by atoms with E-state index in [9.17, 15) is 4.79 Å². The second kappa shape index (κ2) is 3.69. The van der Waals surface area contributed by atoms with E-state index in [-0.39, 0.29) is 11.9 Å². The average molecular weight is 241 g/mol. The predicted molar refractivity (Wildman–Crippen MR) is 68.9 cm³/mol. The molecule has 1 aromatic heterocycles. The molecule has 90 valence electrons. The van der Waals surface area contributed by atoms with Crippen LogP contribution < -0.4 is 16.4 Å². The molecule has 2 aromatic rings. The minimum absolute atomic E-state index is 0.129. The highest BCUT2D eigenvalue weighted by molar-refractivity contribution is 6.11. The largest absolute Gasteiger partial charge is 0.368 e. The number of aromatic nitrogens is 2. The summed E-state index contributed by atoms with van der Waals surface area (Å²) in [5.41, 5.74) is 8.47. The Labute approximate surface area is 103 Å². The van der Waals surface area contributed by atoms with Gasteiger partial charge in [0.1, 0.15) is 11.4 Å². The molecule has 6 nitrogen and oxygen atoms in total. The van der Waals surface area contributed by atoms with Crippen LogP contribution in [0.4, 0.5) is 23.1 Å². The molecule has 2 heterocycles. The summed E-state index contributed by atoms with van der Waals surface area (Å²) in [5, 5.41) is 5.90. The van der Waals surface area contributed by atoms with Crippen molar-refractivity contribution in [2.45, 2.75) is 6.92 Å². The molecule has 0 radical (unpaired) electrons. The number of carbonyl (C=O) groups is 1. The molecule has 0 bridgehead atoms. The van der Waals surface area contributed by atoms with Crippen LogP contribution in [0.2, 0.25) is 0 Å². The standard InChI is InChI=1S/C12H11N5O/c1-6-2-3-8-9(4-6)16-11(18)7-5-14-12(13)17-10(7)15-8/h2-5H,1H3,(H,16,18)(H3,13,14,15,17). The fourth-order valence-corrected chi connectivity index (χ4v) is 1.84. The summed E-state index contributed by atoms with van der Waals surface area (Å²) in [4.78, 5) is 19.9. The average Bonchev–Trinajstić information content (AvgIpc) is 2.44. The van der Waals surface area contributed by atoms with Gasteiger partial charge in [0.2, 0.25) is 5.95 Å². The van der Waals surface area contributed by atoms with E-state index >= 15 is 0 Å². The van der Waals surface area contributed by atoms with Gasteiger partial charge in [-0.2, -0.15) is 4.98 Å². The number of hydrogen-bond acceptors (Lipinski definition) is 5. The maximum Gasteiger partial charge on any atom is 0.261 e. The molecule has 1 amide bonds. The summed E-state index contributed by atoms with van der Waals surface area (Å²) in [7, 11) is 0. The Kier molecular flexibility index (Phi) is 2.16. The van der Waals surface area contributed by atoms with Crippen molar-refractivity contribution < 1.29 is 4.79 Å². The van der Waals surface area contributed by atoms with Gasteiger partial charge in [-0.3, -0.25) is 4.79 Å². The Bertz CT molecular complexity index is 653. The summed E-state index contributed by atoms with van der Waals surface area (Å²) in [6.45, 7) is 1.96. The minimum Gasteiger partial charge on any atom is -0.368 e. The number of fused-ring (bicyclic) bond motifs is 2. The maximum atomic E-state index is 12.0. The Balaban J connectivity index is 2.17. The van der Waals surface area contributed by atoms with Crippen LogP contribution in [0.5, 0.6) is 0 Å². The molecule has 0 fully saturated rings. The number of nitrogen functional groups attached to an aromatic ring is 1. The molecule has 0 atom stereocenters.